The Labute approximate surface area is 310 Å². The SMILES string of the molecule is CC1(C)c2ccccc2-c2c(-c3ccc(C4=NC(c5cccc6c(-c7ccccc7)cccc56)N=C(c5ccccc5)N4)c4ccccc34)cccc21. The number of nitrogens with zero attached hydrogens (tertiary/aromatic N) is 2. The van der Waals surface area contributed by atoms with Crippen molar-refractivity contribution in [2.45, 2.75) is 25.4 Å². The van der Waals surface area contributed by atoms with Crippen LogP contribution in [0.4, 0.5) is 0 Å². The van der Waals surface area contributed by atoms with Gasteiger partial charge in [0.1, 0.15) is 11.7 Å². The van der Waals surface area contributed by atoms with Crippen molar-refractivity contribution in [3.05, 3.63) is 204 Å². The maximum Gasteiger partial charge on any atom is 0.170 e. The monoisotopic (exact) mass is 679 g/mol. The first kappa shape index (κ1) is 31.2. The van der Waals surface area contributed by atoms with Gasteiger partial charge in [-0.3, -0.25) is 0 Å². The molecule has 3 nitrogen and oxygen atoms in total. The molecule has 0 aromatic heterocycles. The predicted molar refractivity (Wildman–Crippen MR) is 222 cm³/mol. The standard InChI is InChI=1S/C50H37N3/c1-50(2)44-28-12-11-22-43(44)46-40(26-15-29-45(46)50)39-30-31-42(37-21-10-9-20-36(37)39)49-52-47(33-18-7-4-8-19-33)51-48(53-49)41-27-14-24-35-34(23-13-25-38(35)41)32-16-5-3-6-17-32/h3-31,48H,1-2H3,(H,51,52,53). The molecule has 0 radical (unpaired) electrons. The molecule has 252 valence electrons. The summed E-state index contributed by atoms with van der Waals surface area (Å²) < 4.78 is 0. The fraction of sp³-hybridized carbons (Fsp3) is 0.0800. The summed E-state index contributed by atoms with van der Waals surface area (Å²) in [4.78, 5) is 10.7. The fourth-order valence-corrected chi connectivity index (χ4v) is 8.62. The molecule has 1 heterocycles. The van der Waals surface area contributed by atoms with E-state index in [1.54, 1.807) is 0 Å². The molecule has 1 unspecified atom stereocenters. The van der Waals surface area contributed by atoms with Gasteiger partial charge in [0.2, 0.25) is 0 Å². The minimum atomic E-state index is -0.439. The molecule has 0 fully saturated rings. The van der Waals surface area contributed by atoms with Gasteiger partial charge >= 0.3 is 0 Å². The largest absolute Gasteiger partial charge is 0.324 e. The third-order valence-electron chi connectivity index (χ3n) is 11.2. The summed E-state index contributed by atoms with van der Waals surface area (Å²) in [6, 6.07) is 63.1. The lowest BCUT2D eigenvalue weighted by molar-refractivity contribution is 0.660. The van der Waals surface area contributed by atoms with Crippen LogP contribution in [0.15, 0.2) is 186 Å². The molecular weight excluding hydrogens is 643 g/mol. The highest BCUT2D eigenvalue weighted by atomic mass is 15.2. The number of hydrogen-bond donors (Lipinski definition) is 1. The minimum absolute atomic E-state index is 0.0654. The molecule has 0 saturated carbocycles. The topological polar surface area (TPSA) is 36.8 Å². The van der Waals surface area contributed by atoms with Crippen LogP contribution in [0, 0.1) is 0 Å². The van der Waals surface area contributed by atoms with E-state index in [1.165, 1.54) is 55.3 Å². The Morgan fingerprint density at radius 1 is 0.396 bits per heavy atom. The third-order valence-corrected chi connectivity index (χ3v) is 11.2. The number of fused-ring (bicyclic) bond motifs is 5. The summed E-state index contributed by atoms with van der Waals surface area (Å²) in [7, 11) is 0. The summed E-state index contributed by atoms with van der Waals surface area (Å²) in [6.07, 6.45) is -0.439. The molecule has 1 aliphatic carbocycles. The molecule has 3 heteroatoms. The van der Waals surface area contributed by atoms with Crippen LogP contribution in [-0.4, -0.2) is 11.7 Å². The van der Waals surface area contributed by atoms with Crippen molar-refractivity contribution in [1.29, 1.82) is 0 Å². The molecule has 8 aromatic carbocycles. The molecule has 0 amide bonds. The quantitative estimate of drug-likeness (QED) is 0.193. The van der Waals surface area contributed by atoms with Crippen molar-refractivity contribution < 1.29 is 0 Å². The van der Waals surface area contributed by atoms with Gasteiger partial charge in [-0.25, -0.2) is 9.98 Å². The lowest BCUT2D eigenvalue weighted by atomic mass is 9.81. The van der Waals surface area contributed by atoms with Gasteiger partial charge < -0.3 is 5.32 Å². The first-order valence-corrected chi connectivity index (χ1v) is 18.4. The predicted octanol–water partition coefficient (Wildman–Crippen LogP) is 12.1. The van der Waals surface area contributed by atoms with E-state index >= 15 is 0 Å². The summed E-state index contributed by atoms with van der Waals surface area (Å²) in [6.45, 7) is 4.69. The molecule has 8 aromatic rings. The van der Waals surface area contributed by atoms with Crippen molar-refractivity contribution in [2.24, 2.45) is 9.98 Å². The highest BCUT2D eigenvalue weighted by Gasteiger charge is 2.36. The molecule has 1 atom stereocenters. The van der Waals surface area contributed by atoms with Crippen LogP contribution in [-0.2, 0) is 5.41 Å². The Hall–Kier alpha value is -6.58. The summed E-state index contributed by atoms with van der Waals surface area (Å²) in [5.41, 5.74) is 13.4. The summed E-state index contributed by atoms with van der Waals surface area (Å²) in [5.74, 6) is 1.62. The van der Waals surface area contributed by atoms with E-state index < -0.39 is 6.17 Å². The number of hydrogen-bond acceptors (Lipinski definition) is 3. The van der Waals surface area contributed by atoms with E-state index in [4.69, 9.17) is 9.98 Å². The highest BCUT2D eigenvalue weighted by molar-refractivity contribution is 6.21. The van der Waals surface area contributed by atoms with Crippen molar-refractivity contribution in [3.8, 4) is 33.4 Å². The van der Waals surface area contributed by atoms with Crippen molar-refractivity contribution in [1.82, 2.24) is 5.32 Å². The Bertz CT molecular complexity index is 2780. The first-order valence-electron chi connectivity index (χ1n) is 18.4. The number of amidine groups is 2. The van der Waals surface area contributed by atoms with Crippen LogP contribution in [0.1, 0.15) is 47.8 Å². The molecule has 1 N–H and O–H groups in total. The summed E-state index contributed by atoms with van der Waals surface area (Å²) >= 11 is 0. The van der Waals surface area contributed by atoms with Gasteiger partial charge in [0, 0.05) is 22.1 Å². The van der Waals surface area contributed by atoms with Crippen LogP contribution in [0.3, 0.4) is 0 Å². The van der Waals surface area contributed by atoms with Gasteiger partial charge in [-0.15, -0.1) is 0 Å². The van der Waals surface area contributed by atoms with Gasteiger partial charge in [0.15, 0.2) is 6.17 Å². The second-order valence-corrected chi connectivity index (χ2v) is 14.5. The normalized spacial score (nSPS) is 15.7. The van der Waals surface area contributed by atoms with Gasteiger partial charge in [-0.1, -0.05) is 190 Å². The highest BCUT2D eigenvalue weighted by Crippen LogP contribution is 2.52. The van der Waals surface area contributed by atoms with Crippen molar-refractivity contribution in [2.75, 3.05) is 0 Å². The average molecular weight is 680 g/mol. The van der Waals surface area contributed by atoms with E-state index in [-0.39, 0.29) is 5.41 Å². The maximum absolute atomic E-state index is 5.43. The fourth-order valence-electron chi connectivity index (χ4n) is 8.62. The van der Waals surface area contributed by atoms with Crippen LogP contribution in [0.5, 0.6) is 0 Å². The second-order valence-electron chi connectivity index (χ2n) is 14.5. The molecule has 0 spiro atoms. The van der Waals surface area contributed by atoms with E-state index in [0.717, 1.165) is 39.1 Å². The van der Waals surface area contributed by atoms with Gasteiger partial charge in [-0.2, -0.15) is 0 Å². The van der Waals surface area contributed by atoms with Crippen LogP contribution in [0.25, 0.3) is 54.9 Å². The van der Waals surface area contributed by atoms with E-state index in [9.17, 15) is 0 Å². The van der Waals surface area contributed by atoms with Gasteiger partial charge in [0.05, 0.1) is 0 Å². The molecule has 10 rings (SSSR count). The zero-order valence-electron chi connectivity index (χ0n) is 29.7. The van der Waals surface area contributed by atoms with Crippen LogP contribution in [0.2, 0.25) is 0 Å². The average Bonchev–Trinajstić information content (AvgIpc) is 3.46. The molecule has 1 aliphatic heterocycles. The lowest BCUT2D eigenvalue weighted by Crippen LogP contribution is -2.36. The van der Waals surface area contributed by atoms with E-state index in [1.807, 2.05) is 6.07 Å². The van der Waals surface area contributed by atoms with Crippen molar-refractivity contribution >= 4 is 33.2 Å². The molecule has 53 heavy (non-hydrogen) atoms. The lowest BCUT2D eigenvalue weighted by Gasteiger charge is -2.24. The smallest absolute Gasteiger partial charge is 0.170 e. The maximum atomic E-state index is 5.43. The third kappa shape index (κ3) is 5.03. The first-order chi connectivity index (χ1) is 26.1. The number of benzene rings is 8. The number of aliphatic imine (C=N–C) groups is 2. The van der Waals surface area contributed by atoms with E-state index in [2.05, 4.69) is 189 Å². The minimum Gasteiger partial charge on any atom is -0.324 e. The number of rotatable bonds is 5. The second kappa shape index (κ2) is 12.3. The molecule has 0 saturated heterocycles. The zero-order chi connectivity index (χ0) is 35.5. The number of nitrogens with one attached hydrogen (secondary N) is 1. The molecule has 2 aliphatic rings. The van der Waals surface area contributed by atoms with Crippen LogP contribution >= 0.6 is 0 Å². The van der Waals surface area contributed by atoms with Crippen LogP contribution < -0.4 is 5.32 Å². The van der Waals surface area contributed by atoms with E-state index in [0.29, 0.717) is 0 Å². The Morgan fingerprint density at radius 2 is 0.925 bits per heavy atom. The summed E-state index contributed by atoms with van der Waals surface area (Å²) in [5, 5.41) is 8.38. The Morgan fingerprint density at radius 3 is 1.74 bits per heavy atom. The molecular formula is C50H37N3. The zero-order valence-corrected chi connectivity index (χ0v) is 29.7. The molecule has 0 bridgehead atoms. The van der Waals surface area contributed by atoms with Gasteiger partial charge in [-0.05, 0) is 66.1 Å². The van der Waals surface area contributed by atoms with Gasteiger partial charge in [0.25, 0.3) is 0 Å². The van der Waals surface area contributed by atoms with Crippen molar-refractivity contribution in [3.63, 3.8) is 0 Å². The Balaban J connectivity index is 1.15. The Kier molecular flexibility index (Phi) is 7.23.